The van der Waals surface area contributed by atoms with Crippen LogP contribution in [-0.4, -0.2) is 29.1 Å². The average molecular weight is 189 g/mol. The summed E-state index contributed by atoms with van der Waals surface area (Å²) in [5.74, 6) is -0.1000. The van der Waals surface area contributed by atoms with E-state index in [0.29, 0.717) is 6.42 Å². The minimum Gasteiger partial charge on any atom is -0.480 e. The number of carboxylic acids is 1. The quantitative estimate of drug-likeness (QED) is 0.660. The molecule has 3 nitrogen and oxygen atoms in total. The minimum absolute atomic E-state index is 0. The molecule has 0 fully saturated rings. The standard InChI is InChI=1S/C5H11NO2S.Ar/c1-9-3-2-4(6)5(7)8;/h4H,2-3,6H2,1H3,(H,7,8);/t4-;/m0./s1. The molecule has 0 saturated carbocycles. The summed E-state index contributed by atoms with van der Waals surface area (Å²) >= 11 is 1.60. The Morgan fingerprint density at radius 3 is 2.60 bits per heavy atom. The maximum Gasteiger partial charge on any atom is 0.320 e. The second-order valence-electron chi connectivity index (χ2n) is 1.73. The molecule has 0 spiro atoms. The van der Waals surface area contributed by atoms with Crippen molar-refractivity contribution in [2.24, 2.45) is 5.73 Å². The van der Waals surface area contributed by atoms with Crippen LogP contribution in [0.25, 0.3) is 0 Å². The second-order valence-corrected chi connectivity index (χ2v) is 2.71. The Bertz CT molecular complexity index is 102. The van der Waals surface area contributed by atoms with Crippen LogP contribution in [0.15, 0.2) is 0 Å². The Labute approximate surface area is 94.7 Å². The van der Waals surface area contributed by atoms with Gasteiger partial charge in [0.05, 0.1) is 0 Å². The fourth-order valence-corrected chi connectivity index (χ4v) is 0.858. The molecule has 62 valence electrons. The number of hydrogen-bond donors (Lipinski definition) is 2. The van der Waals surface area contributed by atoms with Gasteiger partial charge < -0.3 is 10.8 Å². The van der Waals surface area contributed by atoms with Crippen molar-refractivity contribution in [1.29, 1.82) is 0 Å². The van der Waals surface area contributed by atoms with E-state index in [2.05, 4.69) is 0 Å². The Kier molecular flexibility index (Phi) is 11.1. The zero-order valence-electron chi connectivity index (χ0n) is 5.69. The smallest absolute Gasteiger partial charge is 0.320 e. The fourth-order valence-electron chi connectivity index (χ4n) is 0.368. The molecule has 0 aliphatic carbocycles. The Morgan fingerprint density at radius 2 is 2.30 bits per heavy atom. The topological polar surface area (TPSA) is 63.3 Å². The molecule has 0 heterocycles. The predicted molar refractivity (Wildman–Crippen MR) is 38.6 cm³/mol. The van der Waals surface area contributed by atoms with Crippen molar-refractivity contribution in [1.82, 2.24) is 0 Å². The monoisotopic (exact) mass is 189 g/mol. The number of carboxylic acid groups (broad SMARTS) is 1. The van der Waals surface area contributed by atoms with Gasteiger partial charge in [0.15, 0.2) is 0 Å². The molecule has 0 radical (unpaired) electrons. The van der Waals surface area contributed by atoms with E-state index in [0.717, 1.165) is 5.75 Å². The molecule has 0 rings (SSSR count). The van der Waals surface area contributed by atoms with Gasteiger partial charge >= 0.3 is 5.97 Å². The number of aliphatic carboxylic acids is 1. The summed E-state index contributed by atoms with van der Waals surface area (Å²) < 4.78 is 0. The fraction of sp³-hybridized carbons (Fsp3) is 0.800. The summed E-state index contributed by atoms with van der Waals surface area (Å²) in [7, 11) is 0. The molecule has 0 aliphatic heterocycles. The van der Waals surface area contributed by atoms with Crippen molar-refractivity contribution in [2.45, 2.75) is 12.5 Å². The van der Waals surface area contributed by atoms with Gasteiger partial charge in [0.25, 0.3) is 0 Å². The SMILES string of the molecule is CSCC[C@H](N)C(=O)O.[Ar]. The first-order chi connectivity index (χ1) is 4.18. The van der Waals surface area contributed by atoms with Crippen LogP contribution in [0, 0.1) is 37.7 Å². The summed E-state index contributed by atoms with van der Waals surface area (Å²) in [4.78, 5) is 10.1. The molecule has 0 aliphatic rings. The van der Waals surface area contributed by atoms with Crippen LogP contribution >= 0.6 is 11.8 Å². The van der Waals surface area contributed by atoms with Crippen LogP contribution in [0.2, 0.25) is 0 Å². The van der Waals surface area contributed by atoms with E-state index < -0.39 is 12.0 Å². The van der Waals surface area contributed by atoms with Crippen molar-refractivity contribution in [3.8, 4) is 0 Å². The Balaban J connectivity index is 0. The van der Waals surface area contributed by atoms with Gasteiger partial charge in [-0.1, -0.05) is 0 Å². The van der Waals surface area contributed by atoms with Gasteiger partial charge in [0.2, 0.25) is 0 Å². The van der Waals surface area contributed by atoms with Gasteiger partial charge in [-0.05, 0) is 18.4 Å². The number of nitrogens with two attached hydrogens (primary N) is 1. The van der Waals surface area contributed by atoms with Crippen molar-refractivity contribution in [2.75, 3.05) is 12.0 Å². The molecule has 0 aromatic carbocycles. The van der Waals surface area contributed by atoms with Gasteiger partial charge in [-0.25, -0.2) is 0 Å². The molecule has 0 amide bonds. The van der Waals surface area contributed by atoms with Crippen LogP contribution in [0.1, 0.15) is 6.42 Å². The third kappa shape index (κ3) is 7.15. The summed E-state index contributed by atoms with van der Waals surface area (Å²) in [6.45, 7) is 0. The van der Waals surface area contributed by atoms with E-state index >= 15 is 0 Å². The molecule has 10 heavy (non-hydrogen) atoms. The number of rotatable bonds is 4. The zero-order chi connectivity index (χ0) is 7.28. The zero-order valence-corrected chi connectivity index (χ0v) is 7.21. The van der Waals surface area contributed by atoms with Crippen LogP contribution < -0.4 is 5.73 Å². The average Bonchev–Trinajstić information content (AvgIpc) is 1.82. The second kappa shape index (κ2) is 8.14. The molecule has 1 atom stereocenters. The maximum atomic E-state index is 10.1. The van der Waals surface area contributed by atoms with E-state index in [1.807, 2.05) is 6.26 Å². The van der Waals surface area contributed by atoms with Crippen LogP contribution in [0.4, 0.5) is 0 Å². The molecular formula is C5H11ArNO2S. The molecule has 0 aromatic heterocycles. The van der Waals surface area contributed by atoms with Crippen LogP contribution in [-0.2, 0) is 4.79 Å². The van der Waals surface area contributed by atoms with Crippen molar-refractivity contribution < 1.29 is 47.6 Å². The third-order valence-corrected chi connectivity index (χ3v) is 1.59. The number of thioether (sulfide) groups is 1. The van der Waals surface area contributed by atoms with Gasteiger partial charge in [-0.15, -0.1) is 0 Å². The van der Waals surface area contributed by atoms with Gasteiger partial charge in [-0.2, -0.15) is 11.8 Å². The molecular weight excluding hydrogens is 178 g/mol. The molecule has 0 saturated heterocycles. The predicted octanol–water partition coefficient (Wildman–Crippen LogP) is 0.151. The van der Waals surface area contributed by atoms with Gasteiger partial charge in [0, 0.05) is 37.7 Å². The first-order valence-corrected chi connectivity index (χ1v) is 4.05. The van der Waals surface area contributed by atoms with E-state index in [9.17, 15) is 4.79 Å². The number of carbonyl (C=O) groups is 1. The summed E-state index contributed by atoms with van der Waals surface area (Å²) in [5, 5.41) is 8.27. The molecule has 0 unspecified atom stereocenters. The van der Waals surface area contributed by atoms with Crippen LogP contribution in [0.5, 0.6) is 0 Å². The first-order valence-electron chi connectivity index (χ1n) is 2.65. The van der Waals surface area contributed by atoms with Crippen molar-refractivity contribution >= 4 is 17.7 Å². The number of hydrogen-bond acceptors (Lipinski definition) is 3. The van der Waals surface area contributed by atoms with Crippen molar-refractivity contribution in [3.05, 3.63) is 0 Å². The molecule has 0 aromatic rings. The molecule has 0 bridgehead atoms. The summed E-state index contributed by atoms with van der Waals surface area (Å²) in [6.07, 6.45) is 2.48. The maximum absolute atomic E-state index is 10.1. The van der Waals surface area contributed by atoms with Gasteiger partial charge in [0.1, 0.15) is 6.04 Å². The van der Waals surface area contributed by atoms with E-state index in [1.54, 1.807) is 11.8 Å². The van der Waals surface area contributed by atoms with E-state index in [-0.39, 0.29) is 37.7 Å². The van der Waals surface area contributed by atoms with Crippen molar-refractivity contribution in [3.63, 3.8) is 0 Å². The largest absolute Gasteiger partial charge is 0.480 e. The van der Waals surface area contributed by atoms with E-state index in [4.69, 9.17) is 10.8 Å². The normalized spacial score (nSPS) is 11.8. The van der Waals surface area contributed by atoms with E-state index in [1.165, 1.54) is 0 Å². The minimum atomic E-state index is -0.913. The Morgan fingerprint density at radius 1 is 1.80 bits per heavy atom. The summed E-state index contributed by atoms with van der Waals surface area (Å²) in [6, 6.07) is -0.683. The summed E-state index contributed by atoms with van der Waals surface area (Å²) in [5.41, 5.74) is 5.19. The molecule has 3 N–H and O–H groups in total. The Hall–Kier alpha value is 1.04. The molecule has 5 heteroatoms. The first kappa shape index (κ1) is 13.6. The van der Waals surface area contributed by atoms with Gasteiger partial charge in [-0.3, -0.25) is 4.79 Å². The third-order valence-electron chi connectivity index (χ3n) is 0.950. The van der Waals surface area contributed by atoms with Crippen LogP contribution in [0.3, 0.4) is 0 Å².